The van der Waals surface area contributed by atoms with Gasteiger partial charge < -0.3 is 19.9 Å². The molecule has 0 aromatic carbocycles. The smallest absolute Gasteiger partial charge is 0.191 e. The topological polar surface area (TPSA) is 50.6 Å². The molecule has 0 radical (unpaired) electrons. The fraction of sp³-hybridized carbons (Fsp3) is 0.706. The molecule has 142 valence electrons. The summed E-state index contributed by atoms with van der Waals surface area (Å²) in [6, 6.07) is 1.86. The van der Waals surface area contributed by atoms with Gasteiger partial charge in [0, 0.05) is 43.8 Å². The van der Waals surface area contributed by atoms with Crippen molar-refractivity contribution in [2.45, 2.75) is 38.0 Å². The van der Waals surface area contributed by atoms with Crippen LogP contribution < -0.4 is 10.6 Å². The van der Waals surface area contributed by atoms with Gasteiger partial charge in [-0.25, -0.2) is 4.99 Å². The molecular formula is C17H28Cl2N4OS. The van der Waals surface area contributed by atoms with Crippen molar-refractivity contribution in [2.75, 3.05) is 32.1 Å². The minimum absolute atomic E-state index is 0.223. The third-order valence-corrected chi connectivity index (χ3v) is 6.69. The molecule has 1 saturated heterocycles. The van der Waals surface area contributed by atoms with Crippen molar-refractivity contribution < 1.29 is 4.74 Å². The standard InChI is InChI=1S/C17H28Cl2N4OS/c1-4-20-16(21-11-13-10-14(18)15(19)23(13)3)22-12-17(25-5-2)6-8-24-9-7-17/h10H,4-9,11-12H2,1-3H3,(H2,20,21,22). The van der Waals surface area contributed by atoms with Gasteiger partial charge in [-0.15, -0.1) is 0 Å². The van der Waals surface area contributed by atoms with Crippen LogP contribution in [-0.2, 0) is 18.3 Å². The number of aliphatic imine (C=N–C) groups is 1. The number of guanidine groups is 1. The molecule has 0 saturated carbocycles. The van der Waals surface area contributed by atoms with Gasteiger partial charge in [-0.05, 0) is 31.6 Å². The first-order valence-electron chi connectivity index (χ1n) is 8.75. The summed E-state index contributed by atoms with van der Waals surface area (Å²) in [6.45, 7) is 8.18. The molecule has 0 unspecified atom stereocenters. The number of nitrogens with one attached hydrogen (secondary N) is 2. The van der Waals surface area contributed by atoms with Crippen LogP contribution in [0.1, 0.15) is 32.4 Å². The van der Waals surface area contributed by atoms with Crippen LogP contribution in [0.4, 0.5) is 0 Å². The van der Waals surface area contributed by atoms with Crippen molar-refractivity contribution >= 4 is 40.9 Å². The first kappa shape index (κ1) is 20.7. The van der Waals surface area contributed by atoms with Crippen LogP contribution in [0.3, 0.4) is 0 Å². The molecule has 1 fully saturated rings. The summed E-state index contributed by atoms with van der Waals surface area (Å²) < 4.78 is 7.63. The Morgan fingerprint density at radius 3 is 2.60 bits per heavy atom. The van der Waals surface area contributed by atoms with Crippen LogP contribution in [0.2, 0.25) is 10.2 Å². The van der Waals surface area contributed by atoms with Crippen molar-refractivity contribution in [3.8, 4) is 0 Å². The van der Waals surface area contributed by atoms with E-state index in [9.17, 15) is 0 Å². The Kier molecular flexibility index (Phi) is 8.26. The molecule has 1 aliphatic rings. The van der Waals surface area contributed by atoms with Crippen LogP contribution in [0.15, 0.2) is 11.1 Å². The van der Waals surface area contributed by atoms with Crippen LogP contribution >= 0.6 is 35.0 Å². The van der Waals surface area contributed by atoms with E-state index in [1.807, 2.05) is 29.4 Å². The van der Waals surface area contributed by atoms with E-state index in [2.05, 4.69) is 24.5 Å². The summed E-state index contributed by atoms with van der Waals surface area (Å²) in [6.07, 6.45) is 2.14. The van der Waals surface area contributed by atoms with E-state index in [-0.39, 0.29) is 4.75 Å². The predicted molar refractivity (Wildman–Crippen MR) is 109 cm³/mol. The van der Waals surface area contributed by atoms with Gasteiger partial charge >= 0.3 is 0 Å². The van der Waals surface area contributed by atoms with Crippen LogP contribution in [-0.4, -0.2) is 47.3 Å². The van der Waals surface area contributed by atoms with Crippen LogP contribution in [0, 0.1) is 0 Å². The molecular weight excluding hydrogens is 379 g/mol. The molecule has 25 heavy (non-hydrogen) atoms. The normalized spacial score (nSPS) is 17.6. The predicted octanol–water partition coefficient (Wildman–Crippen LogP) is 3.69. The van der Waals surface area contributed by atoms with Gasteiger partial charge in [0.1, 0.15) is 5.15 Å². The number of hydrogen-bond acceptors (Lipinski definition) is 3. The summed E-state index contributed by atoms with van der Waals surface area (Å²) in [5, 5.41) is 7.94. The number of thioether (sulfide) groups is 1. The first-order valence-corrected chi connectivity index (χ1v) is 10.5. The monoisotopic (exact) mass is 406 g/mol. The second kappa shape index (κ2) is 9.95. The Morgan fingerprint density at radius 1 is 1.32 bits per heavy atom. The summed E-state index contributed by atoms with van der Waals surface area (Å²) in [5.41, 5.74) is 0.982. The van der Waals surface area contributed by atoms with E-state index in [1.54, 1.807) is 0 Å². The summed E-state index contributed by atoms with van der Waals surface area (Å²) in [5.74, 6) is 1.92. The van der Waals surface area contributed by atoms with E-state index in [0.29, 0.717) is 16.7 Å². The van der Waals surface area contributed by atoms with E-state index >= 15 is 0 Å². The van der Waals surface area contributed by atoms with E-state index in [1.165, 1.54) is 0 Å². The number of hydrogen-bond donors (Lipinski definition) is 2. The second-order valence-corrected chi connectivity index (χ2v) is 8.61. The van der Waals surface area contributed by atoms with Gasteiger partial charge in [-0.1, -0.05) is 30.1 Å². The lowest BCUT2D eigenvalue weighted by molar-refractivity contribution is 0.0782. The number of aromatic nitrogens is 1. The van der Waals surface area contributed by atoms with Gasteiger partial charge in [0.05, 0.1) is 11.6 Å². The van der Waals surface area contributed by atoms with Gasteiger partial charge in [0.25, 0.3) is 0 Å². The molecule has 0 bridgehead atoms. The summed E-state index contributed by atoms with van der Waals surface area (Å²) in [4.78, 5) is 4.69. The number of nitrogens with zero attached hydrogens (tertiary/aromatic N) is 2. The average molecular weight is 407 g/mol. The molecule has 5 nitrogen and oxygen atoms in total. The van der Waals surface area contributed by atoms with E-state index < -0.39 is 0 Å². The minimum Gasteiger partial charge on any atom is -0.381 e. The molecule has 1 aromatic heterocycles. The Hall–Kier alpha value is -0.560. The van der Waals surface area contributed by atoms with Gasteiger partial charge in [-0.2, -0.15) is 11.8 Å². The average Bonchev–Trinajstić information content (AvgIpc) is 2.85. The lowest BCUT2D eigenvalue weighted by Crippen LogP contribution is -2.48. The lowest BCUT2D eigenvalue weighted by atomic mass is 9.99. The fourth-order valence-electron chi connectivity index (χ4n) is 2.91. The van der Waals surface area contributed by atoms with Crippen LogP contribution in [0.25, 0.3) is 0 Å². The summed E-state index contributed by atoms with van der Waals surface area (Å²) in [7, 11) is 1.90. The second-order valence-electron chi connectivity index (χ2n) is 6.11. The highest BCUT2D eigenvalue weighted by atomic mass is 35.5. The van der Waals surface area contributed by atoms with Gasteiger partial charge in [0.15, 0.2) is 5.96 Å². The van der Waals surface area contributed by atoms with Crippen molar-refractivity contribution in [2.24, 2.45) is 12.0 Å². The maximum atomic E-state index is 6.13. The highest BCUT2D eigenvalue weighted by molar-refractivity contribution is 8.00. The molecule has 1 aliphatic heterocycles. The minimum atomic E-state index is 0.223. The molecule has 2 rings (SSSR count). The Morgan fingerprint density at radius 2 is 2.04 bits per heavy atom. The van der Waals surface area contributed by atoms with Crippen molar-refractivity contribution in [1.29, 1.82) is 0 Å². The molecule has 0 atom stereocenters. The molecule has 0 amide bonds. The molecule has 8 heteroatoms. The zero-order valence-electron chi connectivity index (χ0n) is 15.2. The zero-order valence-corrected chi connectivity index (χ0v) is 17.5. The molecule has 1 aromatic rings. The molecule has 2 heterocycles. The number of halogens is 2. The molecule has 0 aliphatic carbocycles. The Labute approximate surface area is 164 Å². The maximum absolute atomic E-state index is 6.13. The van der Waals surface area contributed by atoms with Crippen molar-refractivity contribution in [1.82, 2.24) is 15.2 Å². The highest BCUT2D eigenvalue weighted by Crippen LogP contribution is 2.34. The first-order chi connectivity index (χ1) is 12.0. The summed E-state index contributed by atoms with van der Waals surface area (Å²) >= 11 is 14.2. The lowest BCUT2D eigenvalue weighted by Gasteiger charge is -2.37. The maximum Gasteiger partial charge on any atom is 0.191 e. The van der Waals surface area contributed by atoms with E-state index in [4.69, 9.17) is 32.9 Å². The zero-order chi connectivity index (χ0) is 18.3. The van der Waals surface area contributed by atoms with Gasteiger partial charge in [0.2, 0.25) is 0 Å². The van der Waals surface area contributed by atoms with Crippen molar-refractivity contribution in [3.63, 3.8) is 0 Å². The largest absolute Gasteiger partial charge is 0.381 e. The molecule has 2 N–H and O–H groups in total. The Bertz CT molecular complexity index is 580. The quantitative estimate of drug-likeness (QED) is 0.535. The molecule has 0 spiro atoms. The third kappa shape index (κ3) is 5.71. The van der Waals surface area contributed by atoms with Gasteiger partial charge in [-0.3, -0.25) is 0 Å². The number of ether oxygens (including phenoxy) is 1. The van der Waals surface area contributed by atoms with Crippen LogP contribution in [0.5, 0.6) is 0 Å². The van der Waals surface area contributed by atoms with Crippen molar-refractivity contribution in [3.05, 3.63) is 21.9 Å². The fourth-order valence-corrected chi connectivity index (χ4v) is 4.57. The SMILES string of the molecule is CCNC(=NCc1cc(Cl)c(Cl)n1C)NCC1(SCC)CCOCC1. The third-order valence-electron chi connectivity index (χ3n) is 4.39. The number of rotatable bonds is 7. The Balaban J connectivity index is 2.02. The van der Waals surface area contributed by atoms with E-state index in [0.717, 1.165) is 56.6 Å². The highest BCUT2D eigenvalue weighted by Gasteiger charge is 2.32.